The minimum atomic E-state index is 0.600. The third-order valence-electron chi connectivity index (χ3n) is 3.59. The number of anilines is 1. The minimum absolute atomic E-state index is 0.600. The predicted molar refractivity (Wildman–Crippen MR) is 76.3 cm³/mol. The smallest absolute Gasteiger partial charge is 0.137 e. The zero-order valence-electron chi connectivity index (χ0n) is 11.7. The van der Waals surface area contributed by atoms with Gasteiger partial charge >= 0.3 is 0 Å². The molecule has 100 valence electrons. The van der Waals surface area contributed by atoms with Crippen LogP contribution in [-0.4, -0.2) is 23.1 Å². The van der Waals surface area contributed by atoms with Crippen LogP contribution in [-0.2, 0) is 6.42 Å². The lowest BCUT2D eigenvalue weighted by Crippen LogP contribution is -2.39. The molecule has 0 saturated carbocycles. The fourth-order valence-electron chi connectivity index (χ4n) is 2.82. The Morgan fingerprint density at radius 1 is 1.22 bits per heavy atom. The summed E-state index contributed by atoms with van der Waals surface area (Å²) in [6, 6.07) is 0. The highest BCUT2D eigenvalue weighted by Crippen LogP contribution is 2.29. The zero-order valence-corrected chi connectivity index (χ0v) is 12.5. The summed E-state index contributed by atoms with van der Waals surface area (Å²) in [4.78, 5) is 11.4. The van der Waals surface area contributed by atoms with Crippen molar-refractivity contribution in [2.45, 2.75) is 40.5 Å². The molecule has 1 fully saturated rings. The van der Waals surface area contributed by atoms with E-state index in [0.717, 1.165) is 36.7 Å². The molecule has 4 heteroatoms. The number of hydrogen-bond acceptors (Lipinski definition) is 3. The van der Waals surface area contributed by atoms with Crippen molar-refractivity contribution in [1.82, 2.24) is 9.97 Å². The molecule has 0 amide bonds. The molecule has 0 spiro atoms. The summed E-state index contributed by atoms with van der Waals surface area (Å²) in [5, 5.41) is 0.600. The van der Waals surface area contributed by atoms with E-state index in [1.54, 1.807) is 0 Å². The van der Waals surface area contributed by atoms with Gasteiger partial charge in [-0.25, -0.2) is 9.97 Å². The number of rotatable bonds is 2. The summed E-state index contributed by atoms with van der Waals surface area (Å²) < 4.78 is 0. The second kappa shape index (κ2) is 5.43. The van der Waals surface area contributed by atoms with Crippen LogP contribution in [0.25, 0.3) is 0 Å². The summed E-state index contributed by atoms with van der Waals surface area (Å²) in [7, 11) is 0. The standard InChI is InChI=1S/C14H22ClN3/c1-5-12-16-13(15)11(4)14(17-12)18-7-9(2)6-10(3)8-18/h9-10H,5-8H2,1-4H3. The molecule has 18 heavy (non-hydrogen) atoms. The first-order valence-electron chi connectivity index (χ1n) is 6.79. The first-order valence-corrected chi connectivity index (χ1v) is 7.17. The average Bonchev–Trinajstić information content (AvgIpc) is 2.31. The Balaban J connectivity index is 2.34. The number of halogens is 1. The molecule has 0 aliphatic carbocycles. The monoisotopic (exact) mass is 267 g/mol. The van der Waals surface area contributed by atoms with E-state index >= 15 is 0 Å². The van der Waals surface area contributed by atoms with E-state index in [2.05, 4.69) is 35.6 Å². The van der Waals surface area contributed by atoms with Crippen molar-refractivity contribution in [3.05, 3.63) is 16.5 Å². The summed E-state index contributed by atoms with van der Waals surface area (Å²) in [5.41, 5.74) is 1.01. The van der Waals surface area contributed by atoms with Crippen LogP contribution >= 0.6 is 11.6 Å². The summed E-state index contributed by atoms with van der Waals surface area (Å²) in [6.45, 7) is 10.8. The van der Waals surface area contributed by atoms with Crippen LogP contribution in [0.2, 0.25) is 5.15 Å². The van der Waals surface area contributed by atoms with Gasteiger partial charge in [0.05, 0.1) is 0 Å². The number of nitrogens with zero attached hydrogens (tertiary/aromatic N) is 3. The van der Waals surface area contributed by atoms with Crippen LogP contribution in [0.4, 0.5) is 5.82 Å². The van der Waals surface area contributed by atoms with Crippen molar-refractivity contribution in [2.24, 2.45) is 11.8 Å². The third-order valence-corrected chi connectivity index (χ3v) is 3.96. The normalized spacial score (nSPS) is 24.4. The Labute approximate surface area is 115 Å². The van der Waals surface area contributed by atoms with E-state index in [0.29, 0.717) is 17.0 Å². The summed E-state index contributed by atoms with van der Waals surface area (Å²) in [6.07, 6.45) is 2.13. The Morgan fingerprint density at radius 3 is 2.39 bits per heavy atom. The van der Waals surface area contributed by atoms with E-state index in [4.69, 9.17) is 11.6 Å². The van der Waals surface area contributed by atoms with Gasteiger partial charge in [-0.05, 0) is 25.2 Å². The first-order chi connectivity index (χ1) is 8.51. The molecule has 1 aliphatic heterocycles. The van der Waals surface area contributed by atoms with Crippen LogP contribution in [0.3, 0.4) is 0 Å². The summed E-state index contributed by atoms with van der Waals surface area (Å²) >= 11 is 6.21. The van der Waals surface area contributed by atoms with Crippen molar-refractivity contribution in [3.63, 3.8) is 0 Å². The fourth-order valence-corrected chi connectivity index (χ4v) is 3.00. The van der Waals surface area contributed by atoms with Gasteiger partial charge in [0.15, 0.2) is 0 Å². The highest BCUT2D eigenvalue weighted by atomic mass is 35.5. The van der Waals surface area contributed by atoms with Crippen molar-refractivity contribution < 1.29 is 0 Å². The zero-order chi connectivity index (χ0) is 13.3. The Morgan fingerprint density at radius 2 is 1.83 bits per heavy atom. The Bertz CT molecular complexity index is 423. The molecular formula is C14H22ClN3. The van der Waals surface area contributed by atoms with Crippen LogP contribution in [0.15, 0.2) is 0 Å². The Hall–Kier alpha value is -0.830. The maximum absolute atomic E-state index is 6.21. The van der Waals surface area contributed by atoms with Crippen molar-refractivity contribution >= 4 is 17.4 Å². The van der Waals surface area contributed by atoms with Crippen LogP contribution in [0.5, 0.6) is 0 Å². The SMILES string of the molecule is CCc1nc(Cl)c(C)c(N2CC(C)CC(C)C2)n1. The molecule has 0 aromatic carbocycles. The molecule has 2 atom stereocenters. The van der Waals surface area contributed by atoms with Crippen molar-refractivity contribution in [3.8, 4) is 0 Å². The number of hydrogen-bond donors (Lipinski definition) is 0. The number of aryl methyl sites for hydroxylation is 1. The molecule has 3 nitrogen and oxygen atoms in total. The number of aromatic nitrogens is 2. The van der Waals surface area contributed by atoms with E-state index in [1.165, 1.54) is 6.42 Å². The van der Waals surface area contributed by atoms with E-state index < -0.39 is 0 Å². The van der Waals surface area contributed by atoms with Gasteiger partial charge in [0.1, 0.15) is 16.8 Å². The van der Waals surface area contributed by atoms with Crippen LogP contribution in [0, 0.1) is 18.8 Å². The highest BCUT2D eigenvalue weighted by molar-refractivity contribution is 6.30. The quantitative estimate of drug-likeness (QED) is 0.768. The van der Waals surface area contributed by atoms with Crippen LogP contribution < -0.4 is 4.90 Å². The second-order valence-corrected chi connectivity index (χ2v) is 5.94. The van der Waals surface area contributed by atoms with Gasteiger partial charge in [0, 0.05) is 25.1 Å². The largest absolute Gasteiger partial charge is 0.356 e. The van der Waals surface area contributed by atoms with Crippen molar-refractivity contribution in [2.75, 3.05) is 18.0 Å². The lowest BCUT2D eigenvalue weighted by atomic mass is 9.92. The van der Waals surface area contributed by atoms with E-state index in [1.807, 2.05) is 6.92 Å². The molecule has 1 aromatic rings. The van der Waals surface area contributed by atoms with Crippen LogP contribution in [0.1, 0.15) is 38.6 Å². The molecule has 1 aliphatic rings. The maximum Gasteiger partial charge on any atom is 0.137 e. The molecule has 1 aromatic heterocycles. The molecule has 1 saturated heterocycles. The third kappa shape index (κ3) is 2.77. The minimum Gasteiger partial charge on any atom is -0.356 e. The van der Waals surface area contributed by atoms with E-state index in [9.17, 15) is 0 Å². The fraction of sp³-hybridized carbons (Fsp3) is 0.714. The summed E-state index contributed by atoms with van der Waals surface area (Å²) in [5.74, 6) is 3.30. The van der Waals surface area contributed by atoms with Gasteiger partial charge in [-0.3, -0.25) is 0 Å². The van der Waals surface area contributed by atoms with Gasteiger partial charge in [-0.1, -0.05) is 32.4 Å². The molecule has 0 radical (unpaired) electrons. The maximum atomic E-state index is 6.21. The molecule has 2 unspecified atom stereocenters. The molecule has 2 rings (SSSR count). The van der Waals surface area contributed by atoms with Gasteiger partial charge in [-0.15, -0.1) is 0 Å². The van der Waals surface area contributed by atoms with Gasteiger partial charge in [0.2, 0.25) is 0 Å². The molecule has 0 bridgehead atoms. The molecule has 2 heterocycles. The first kappa shape index (κ1) is 13.6. The molecule has 0 N–H and O–H groups in total. The molecular weight excluding hydrogens is 246 g/mol. The van der Waals surface area contributed by atoms with Gasteiger partial charge in [-0.2, -0.15) is 0 Å². The van der Waals surface area contributed by atoms with Gasteiger partial charge in [0.25, 0.3) is 0 Å². The number of piperidine rings is 1. The predicted octanol–water partition coefficient (Wildman–Crippen LogP) is 3.48. The Kier molecular flexibility index (Phi) is 4.10. The van der Waals surface area contributed by atoms with Gasteiger partial charge < -0.3 is 4.90 Å². The highest BCUT2D eigenvalue weighted by Gasteiger charge is 2.25. The van der Waals surface area contributed by atoms with Crippen molar-refractivity contribution in [1.29, 1.82) is 0 Å². The lowest BCUT2D eigenvalue weighted by Gasteiger charge is -2.36. The average molecular weight is 268 g/mol. The van der Waals surface area contributed by atoms with E-state index in [-0.39, 0.29) is 0 Å². The lowest BCUT2D eigenvalue weighted by molar-refractivity contribution is 0.355. The second-order valence-electron chi connectivity index (χ2n) is 5.58. The topological polar surface area (TPSA) is 29.0 Å².